The maximum atomic E-state index is 5.91. The van der Waals surface area contributed by atoms with Crippen molar-refractivity contribution in [3.8, 4) is 11.3 Å². The normalized spacial score (nSPS) is 11.1. The van der Waals surface area contributed by atoms with Gasteiger partial charge in [-0.3, -0.25) is 0 Å². The Bertz CT molecular complexity index is 719. The lowest BCUT2D eigenvalue weighted by atomic mass is 10.1. The number of halogens is 2. The molecule has 0 aliphatic heterocycles. The van der Waals surface area contributed by atoms with Crippen LogP contribution in [0.4, 0.5) is 0 Å². The van der Waals surface area contributed by atoms with Crippen molar-refractivity contribution in [3.05, 3.63) is 50.8 Å². The molecular weight excluding hydrogens is 361 g/mol. The number of aryl methyl sites for hydroxylation is 1. The predicted octanol–water partition coefficient (Wildman–Crippen LogP) is 3.96. The minimum Gasteiger partial charge on any atom is -0.236 e. The first-order valence-electron chi connectivity index (χ1n) is 5.42. The zero-order chi connectivity index (χ0) is 12.7. The largest absolute Gasteiger partial charge is 0.236 e. The molecule has 0 fully saturated rings. The number of fused-ring (bicyclic) bond motifs is 1. The van der Waals surface area contributed by atoms with Crippen molar-refractivity contribution in [3.63, 3.8) is 0 Å². The molecule has 3 rings (SSSR count). The van der Waals surface area contributed by atoms with E-state index in [-0.39, 0.29) is 0 Å². The molecule has 0 bridgehead atoms. The Balaban J connectivity index is 2.29. The van der Waals surface area contributed by atoms with E-state index in [0.717, 1.165) is 31.2 Å². The van der Waals surface area contributed by atoms with Crippen molar-refractivity contribution in [1.29, 1.82) is 0 Å². The molecule has 2 heterocycles. The van der Waals surface area contributed by atoms with Crippen molar-refractivity contribution in [1.82, 2.24) is 14.6 Å². The number of aromatic nitrogens is 3. The SMILES string of the molecule is Cc1nn2c(-c3ccc(Cl)cc3)ccnc2c1I. The van der Waals surface area contributed by atoms with Crippen LogP contribution in [0.15, 0.2) is 36.5 Å². The fraction of sp³-hybridized carbons (Fsp3) is 0.0769. The van der Waals surface area contributed by atoms with Crippen LogP contribution in [0.25, 0.3) is 16.9 Å². The number of hydrogen-bond donors (Lipinski definition) is 0. The molecule has 0 atom stereocenters. The monoisotopic (exact) mass is 369 g/mol. The van der Waals surface area contributed by atoms with Crippen molar-refractivity contribution < 1.29 is 0 Å². The third kappa shape index (κ3) is 1.89. The second kappa shape index (κ2) is 4.51. The quantitative estimate of drug-likeness (QED) is 0.608. The standard InChI is InChI=1S/C13H9ClIN3/c1-8-12(15)13-16-7-6-11(18(13)17-8)9-2-4-10(14)5-3-9/h2-7H,1H3. The third-order valence-corrected chi connectivity index (χ3v) is 4.28. The summed E-state index contributed by atoms with van der Waals surface area (Å²) in [5, 5.41) is 5.26. The Labute approximate surface area is 123 Å². The van der Waals surface area contributed by atoms with Gasteiger partial charge in [0.15, 0.2) is 5.65 Å². The van der Waals surface area contributed by atoms with Crippen LogP contribution in [0.1, 0.15) is 5.69 Å². The van der Waals surface area contributed by atoms with Crippen LogP contribution in [-0.2, 0) is 0 Å². The average Bonchev–Trinajstić information content (AvgIpc) is 2.67. The lowest BCUT2D eigenvalue weighted by Crippen LogP contribution is -1.95. The maximum absolute atomic E-state index is 5.91. The van der Waals surface area contributed by atoms with Gasteiger partial charge in [0.25, 0.3) is 0 Å². The molecule has 0 saturated carbocycles. The Kier molecular flexibility index (Phi) is 2.99. The molecule has 3 nitrogen and oxygen atoms in total. The van der Waals surface area contributed by atoms with Crippen LogP contribution in [0.3, 0.4) is 0 Å². The lowest BCUT2D eigenvalue weighted by molar-refractivity contribution is 0.925. The van der Waals surface area contributed by atoms with Crippen LogP contribution in [0.2, 0.25) is 5.02 Å². The van der Waals surface area contributed by atoms with Gasteiger partial charge in [-0.15, -0.1) is 0 Å². The van der Waals surface area contributed by atoms with Gasteiger partial charge in [-0.25, -0.2) is 9.50 Å². The zero-order valence-corrected chi connectivity index (χ0v) is 12.5. The Morgan fingerprint density at radius 2 is 1.89 bits per heavy atom. The molecule has 0 N–H and O–H groups in total. The van der Waals surface area contributed by atoms with Gasteiger partial charge in [-0.2, -0.15) is 5.10 Å². The molecule has 0 radical (unpaired) electrons. The van der Waals surface area contributed by atoms with E-state index in [1.807, 2.05) is 48.0 Å². The minimum absolute atomic E-state index is 0.732. The Morgan fingerprint density at radius 3 is 2.61 bits per heavy atom. The lowest BCUT2D eigenvalue weighted by Gasteiger charge is -2.04. The van der Waals surface area contributed by atoms with E-state index < -0.39 is 0 Å². The van der Waals surface area contributed by atoms with Crippen molar-refractivity contribution in [2.24, 2.45) is 0 Å². The highest BCUT2D eigenvalue weighted by molar-refractivity contribution is 14.1. The summed E-state index contributed by atoms with van der Waals surface area (Å²) in [4.78, 5) is 4.37. The molecular formula is C13H9ClIN3. The molecule has 0 aliphatic carbocycles. The van der Waals surface area contributed by atoms with Gasteiger partial charge in [0.2, 0.25) is 0 Å². The summed E-state index contributed by atoms with van der Waals surface area (Å²) in [5.41, 5.74) is 3.97. The van der Waals surface area contributed by atoms with Crippen molar-refractivity contribution >= 4 is 39.8 Å². The topological polar surface area (TPSA) is 30.2 Å². The first kappa shape index (κ1) is 11.9. The highest BCUT2D eigenvalue weighted by Gasteiger charge is 2.11. The number of hydrogen-bond acceptors (Lipinski definition) is 2. The minimum atomic E-state index is 0.732. The zero-order valence-electron chi connectivity index (χ0n) is 9.56. The van der Waals surface area contributed by atoms with E-state index in [9.17, 15) is 0 Å². The number of benzene rings is 1. The van der Waals surface area contributed by atoms with E-state index in [4.69, 9.17) is 11.6 Å². The van der Waals surface area contributed by atoms with E-state index >= 15 is 0 Å². The molecule has 3 aromatic rings. The fourth-order valence-corrected chi connectivity index (χ4v) is 2.47. The second-order valence-electron chi connectivity index (χ2n) is 3.97. The molecule has 2 aromatic heterocycles. The number of nitrogens with zero attached hydrogens (tertiary/aromatic N) is 3. The summed E-state index contributed by atoms with van der Waals surface area (Å²) in [6.45, 7) is 1.99. The van der Waals surface area contributed by atoms with Gasteiger partial charge >= 0.3 is 0 Å². The van der Waals surface area contributed by atoms with Crippen molar-refractivity contribution in [2.75, 3.05) is 0 Å². The van der Waals surface area contributed by atoms with Gasteiger partial charge in [-0.1, -0.05) is 23.7 Å². The van der Waals surface area contributed by atoms with Crippen LogP contribution in [-0.4, -0.2) is 14.6 Å². The highest BCUT2D eigenvalue weighted by Crippen LogP contribution is 2.24. The van der Waals surface area contributed by atoms with Crippen LogP contribution in [0.5, 0.6) is 0 Å². The summed E-state index contributed by atoms with van der Waals surface area (Å²) in [6, 6.07) is 9.69. The maximum Gasteiger partial charge on any atom is 0.169 e. The van der Waals surface area contributed by atoms with E-state index in [0.29, 0.717) is 0 Å². The van der Waals surface area contributed by atoms with Gasteiger partial charge in [0, 0.05) is 16.8 Å². The van der Waals surface area contributed by atoms with Crippen LogP contribution in [0, 0.1) is 10.5 Å². The summed E-state index contributed by atoms with van der Waals surface area (Å²) < 4.78 is 2.96. The molecule has 0 aliphatic rings. The Morgan fingerprint density at radius 1 is 1.17 bits per heavy atom. The Hall–Kier alpha value is -1.14. The first-order chi connectivity index (χ1) is 8.66. The third-order valence-electron chi connectivity index (χ3n) is 2.76. The number of rotatable bonds is 1. The summed E-state index contributed by atoms with van der Waals surface area (Å²) in [7, 11) is 0. The van der Waals surface area contributed by atoms with Crippen LogP contribution >= 0.6 is 34.2 Å². The molecule has 5 heteroatoms. The predicted molar refractivity (Wildman–Crippen MR) is 80.9 cm³/mol. The van der Waals surface area contributed by atoms with Gasteiger partial charge < -0.3 is 0 Å². The van der Waals surface area contributed by atoms with Gasteiger partial charge in [-0.05, 0) is 47.7 Å². The molecule has 18 heavy (non-hydrogen) atoms. The summed E-state index contributed by atoms with van der Waals surface area (Å²) >= 11 is 8.18. The molecule has 0 saturated heterocycles. The highest BCUT2D eigenvalue weighted by atomic mass is 127. The first-order valence-corrected chi connectivity index (χ1v) is 6.88. The molecule has 0 spiro atoms. The fourth-order valence-electron chi connectivity index (χ4n) is 1.86. The molecule has 90 valence electrons. The van der Waals surface area contributed by atoms with E-state index in [1.54, 1.807) is 0 Å². The summed E-state index contributed by atoms with van der Waals surface area (Å²) in [5.74, 6) is 0. The van der Waals surface area contributed by atoms with Crippen LogP contribution < -0.4 is 0 Å². The van der Waals surface area contributed by atoms with E-state index in [2.05, 4.69) is 32.7 Å². The molecule has 0 amide bonds. The second-order valence-corrected chi connectivity index (χ2v) is 5.49. The summed E-state index contributed by atoms with van der Waals surface area (Å²) in [6.07, 6.45) is 1.81. The van der Waals surface area contributed by atoms with Gasteiger partial charge in [0.05, 0.1) is 15.0 Å². The van der Waals surface area contributed by atoms with E-state index in [1.165, 1.54) is 0 Å². The average molecular weight is 370 g/mol. The molecule has 0 unspecified atom stereocenters. The smallest absolute Gasteiger partial charge is 0.169 e. The van der Waals surface area contributed by atoms with Crippen molar-refractivity contribution in [2.45, 2.75) is 6.92 Å². The van der Waals surface area contributed by atoms with Gasteiger partial charge in [0.1, 0.15) is 0 Å². The molecule has 1 aromatic carbocycles.